The summed E-state index contributed by atoms with van der Waals surface area (Å²) in [5.41, 5.74) is 0. The molecule has 0 spiro atoms. The molecular formula is C11H22N2O. The Kier molecular flexibility index (Phi) is 5.42. The fourth-order valence-corrected chi connectivity index (χ4v) is 1.93. The number of hydrogen-bond donors (Lipinski definition) is 2. The van der Waals surface area contributed by atoms with Gasteiger partial charge in [0.1, 0.15) is 0 Å². The molecule has 0 atom stereocenters. The van der Waals surface area contributed by atoms with Crippen molar-refractivity contribution in [3.05, 3.63) is 0 Å². The summed E-state index contributed by atoms with van der Waals surface area (Å²) < 4.78 is 0. The number of urea groups is 1. The highest BCUT2D eigenvalue weighted by Gasteiger charge is 2.13. The third-order valence-electron chi connectivity index (χ3n) is 2.81. The fraction of sp³-hybridized carbons (Fsp3) is 0.909. The van der Waals surface area contributed by atoms with E-state index in [1.807, 2.05) is 0 Å². The molecule has 0 radical (unpaired) electrons. The first-order valence-corrected chi connectivity index (χ1v) is 5.84. The molecular weight excluding hydrogens is 176 g/mol. The predicted octanol–water partition coefficient (Wildman–Crippen LogP) is 2.28. The average Bonchev–Trinajstić information content (AvgIpc) is 2.25. The van der Waals surface area contributed by atoms with Crippen molar-refractivity contribution < 1.29 is 4.79 Å². The zero-order valence-electron chi connectivity index (χ0n) is 9.14. The molecule has 0 aromatic carbocycles. The Hall–Kier alpha value is -0.730. The molecule has 0 aromatic heterocycles. The normalized spacial score (nSPS) is 17.8. The summed E-state index contributed by atoms with van der Waals surface area (Å²) in [5, 5.41) is 5.76. The van der Waals surface area contributed by atoms with Gasteiger partial charge >= 0.3 is 6.03 Å². The van der Waals surface area contributed by atoms with E-state index in [4.69, 9.17) is 0 Å². The fourth-order valence-electron chi connectivity index (χ4n) is 1.93. The Morgan fingerprint density at radius 3 is 2.57 bits per heavy atom. The maximum absolute atomic E-state index is 11.2. The summed E-state index contributed by atoms with van der Waals surface area (Å²) in [6, 6.07) is -0.00239. The van der Waals surface area contributed by atoms with Crippen LogP contribution in [0.15, 0.2) is 0 Å². The largest absolute Gasteiger partial charge is 0.338 e. The van der Waals surface area contributed by atoms with E-state index in [0.29, 0.717) is 0 Å². The van der Waals surface area contributed by atoms with E-state index >= 15 is 0 Å². The Morgan fingerprint density at radius 1 is 1.21 bits per heavy atom. The standard InChI is InChI=1S/C11H22N2O/c1-2-8-12-11(14)13-9-10-6-4-3-5-7-10/h10H,2-9H2,1H3,(H2,12,13,14). The highest BCUT2D eigenvalue weighted by molar-refractivity contribution is 5.73. The average molecular weight is 198 g/mol. The van der Waals surface area contributed by atoms with Crippen molar-refractivity contribution in [1.82, 2.24) is 10.6 Å². The molecule has 3 heteroatoms. The maximum Gasteiger partial charge on any atom is 0.314 e. The predicted molar refractivity (Wildman–Crippen MR) is 58.3 cm³/mol. The monoisotopic (exact) mass is 198 g/mol. The van der Waals surface area contributed by atoms with E-state index < -0.39 is 0 Å². The van der Waals surface area contributed by atoms with Gasteiger partial charge in [0.2, 0.25) is 0 Å². The molecule has 2 N–H and O–H groups in total. The lowest BCUT2D eigenvalue weighted by atomic mass is 9.89. The second-order valence-corrected chi connectivity index (χ2v) is 4.14. The van der Waals surface area contributed by atoms with Gasteiger partial charge in [0, 0.05) is 13.1 Å². The van der Waals surface area contributed by atoms with E-state index in [2.05, 4.69) is 17.6 Å². The van der Waals surface area contributed by atoms with Crippen molar-refractivity contribution in [2.45, 2.75) is 45.4 Å². The summed E-state index contributed by atoms with van der Waals surface area (Å²) in [6.07, 6.45) is 7.61. The third kappa shape index (κ3) is 4.49. The van der Waals surface area contributed by atoms with Crippen LogP contribution in [-0.4, -0.2) is 19.1 Å². The molecule has 14 heavy (non-hydrogen) atoms. The van der Waals surface area contributed by atoms with Gasteiger partial charge in [-0.1, -0.05) is 26.2 Å². The van der Waals surface area contributed by atoms with Crippen LogP contribution in [-0.2, 0) is 0 Å². The first-order chi connectivity index (χ1) is 6.83. The number of nitrogens with one attached hydrogen (secondary N) is 2. The van der Waals surface area contributed by atoms with E-state index in [1.54, 1.807) is 0 Å². The van der Waals surface area contributed by atoms with Gasteiger partial charge in [-0.15, -0.1) is 0 Å². The van der Waals surface area contributed by atoms with Crippen LogP contribution in [0.1, 0.15) is 45.4 Å². The second kappa shape index (κ2) is 6.68. The molecule has 0 saturated heterocycles. The molecule has 82 valence electrons. The van der Waals surface area contributed by atoms with Crippen molar-refractivity contribution in [2.24, 2.45) is 5.92 Å². The quantitative estimate of drug-likeness (QED) is 0.715. The van der Waals surface area contributed by atoms with Crippen LogP contribution < -0.4 is 10.6 Å². The van der Waals surface area contributed by atoms with Crippen molar-refractivity contribution in [1.29, 1.82) is 0 Å². The number of rotatable bonds is 4. The number of hydrogen-bond acceptors (Lipinski definition) is 1. The summed E-state index contributed by atoms with van der Waals surface area (Å²) in [4.78, 5) is 11.2. The first kappa shape index (κ1) is 11.3. The maximum atomic E-state index is 11.2. The highest BCUT2D eigenvalue weighted by atomic mass is 16.2. The summed E-state index contributed by atoms with van der Waals surface area (Å²) in [5.74, 6) is 0.719. The van der Waals surface area contributed by atoms with Gasteiger partial charge in [0.05, 0.1) is 0 Å². The second-order valence-electron chi connectivity index (χ2n) is 4.14. The molecule has 2 amide bonds. The van der Waals surface area contributed by atoms with E-state index in [1.165, 1.54) is 32.1 Å². The Labute approximate surface area is 86.6 Å². The zero-order chi connectivity index (χ0) is 10.2. The minimum atomic E-state index is -0.00239. The van der Waals surface area contributed by atoms with Crippen LogP contribution >= 0.6 is 0 Å². The molecule has 0 aromatic rings. The van der Waals surface area contributed by atoms with E-state index in [9.17, 15) is 4.79 Å². The van der Waals surface area contributed by atoms with E-state index in [-0.39, 0.29) is 6.03 Å². The van der Waals surface area contributed by atoms with Crippen molar-refractivity contribution in [3.63, 3.8) is 0 Å². The lowest BCUT2D eigenvalue weighted by Crippen LogP contribution is -2.38. The zero-order valence-corrected chi connectivity index (χ0v) is 9.14. The Bertz CT molecular complexity index is 165. The van der Waals surface area contributed by atoms with Crippen molar-refractivity contribution >= 4 is 6.03 Å². The third-order valence-corrected chi connectivity index (χ3v) is 2.81. The van der Waals surface area contributed by atoms with Crippen LogP contribution in [0, 0.1) is 5.92 Å². The van der Waals surface area contributed by atoms with Gasteiger partial charge < -0.3 is 10.6 Å². The van der Waals surface area contributed by atoms with Gasteiger partial charge in [-0.25, -0.2) is 4.79 Å². The molecule has 1 saturated carbocycles. The SMILES string of the molecule is CCCNC(=O)NCC1CCCCC1. The van der Waals surface area contributed by atoms with Crippen LogP contribution in [0.25, 0.3) is 0 Å². The number of amides is 2. The molecule has 3 nitrogen and oxygen atoms in total. The molecule has 1 aliphatic carbocycles. The minimum Gasteiger partial charge on any atom is -0.338 e. The Morgan fingerprint density at radius 2 is 1.93 bits per heavy atom. The number of carbonyl (C=O) groups excluding carboxylic acids is 1. The van der Waals surface area contributed by atoms with Crippen LogP contribution in [0.4, 0.5) is 4.79 Å². The van der Waals surface area contributed by atoms with Gasteiger partial charge in [-0.05, 0) is 25.2 Å². The van der Waals surface area contributed by atoms with Crippen LogP contribution in [0.2, 0.25) is 0 Å². The van der Waals surface area contributed by atoms with Crippen LogP contribution in [0.5, 0.6) is 0 Å². The molecule has 0 aliphatic heterocycles. The molecule has 1 rings (SSSR count). The van der Waals surface area contributed by atoms with Crippen molar-refractivity contribution in [2.75, 3.05) is 13.1 Å². The number of carbonyl (C=O) groups is 1. The van der Waals surface area contributed by atoms with Gasteiger partial charge in [-0.2, -0.15) is 0 Å². The van der Waals surface area contributed by atoms with Gasteiger partial charge in [0.15, 0.2) is 0 Å². The summed E-state index contributed by atoms with van der Waals surface area (Å²) in [7, 11) is 0. The lowest BCUT2D eigenvalue weighted by Gasteiger charge is -2.21. The molecule has 1 aliphatic rings. The van der Waals surface area contributed by atoms with E-state index in [0.717, 1.165) is 25.4 Å². The highest BCUT2D eigenvalue weighted by Crippen LogP contribution is 2.22. The molecule has 0 bridgehead atoms. The Balaban J connectivity index is 2.03. The first-order valence-electron chi connectivity index (χ1n) is 5.84. The summed E-state index contributed by atoms with van der Waals surface area (Å²) >= 11 is 0. The summed E-state index contributed by atoms with van der Waals surface area (Å²) in [6.45, 7) is 3.69. The lowest BCUT2D eigenvalue weighted by molar-refractivity contribution is 0.236. The smallest absolute Gasteiger partial charge is 0.314 e. The molecule has 0 heterocycles. The molecule has 0 unspecified atom stereocenters. The topological polar surface area (TPSA) is 41.1 Å². The minimum absolute atomic E-state index is 0.00239. The van der Waals surface area contributed by atoms with Crippen LogP contribution in [0.3, 0.4) is 0 Å². The van der Waals surface area contributed by atoms with Gasteiger partial charge in [0.25, 0.3) is 0 Å². The molecule has 1 fully saturated rings. The van der Waals surface area contributed by atoms with Crippen molar-refractivity contribution in [3.8, 4) is 0 Å². The van der Waals surface area contributed by atoms with Gasteiger partial charge in [-0.3, -0.25) is 0 Å².